The standard InChI is InChI=1S/C11H18N4O/c1-15-8-9(7-14-15)6-12-4-5-13-11(16)10-2-3-10/h7-8,10,12H,2-6H2,1H3,(H,13,16). The normalized spacial score (nSPS) is 15.1. The lowest BCUT2D eigenvalue weighted by Crippen LogP contribution is -2.32. The number of carbonyl (C=O) groups is 1. The molecule has 1 heterocycles. The molecule has 0 saturated heterocycles. The lowest BCUT2D eigenvalue weighted by molar-refractivity contribution is -0.122. The van der Waals surface area contributed by atoms with Crippen LogP contribution in [0.4, 0.5) is 0 Å². The number of hydrogen-bond acceptors (Lipinski definition) is 3. The summed E-state index contributed by atoms with van der Waals surface area (Å²) in [5.74, 6) is 0.515. The predicted molar refractivity (Wildman–Crippen MR) is 60.6 cm³/mol. The lowest BCUT2D eigenvalue weighted by atomic mass is 10.3. The van der Waals surface area contributed by atoms with Crippen LogP contribution in [0.3, 0.4) is 0 Å². The first-order valence-corrected chi connectivity index (χ1v) is 5.71. The fourth-order valence-electron chi connectivity index (χ4n) is 1.56. The van der Waals surface area contributed by atoms with Crippen LogP contribution in [0.1, 0.15) is 18.4 Å². The summed E-state index contributed by atoms with van der Waals surface area (Å²) in [7, 11) is 1.90. The van der Waals surface area contributed by atoms with Crippen LogP contribution >= 0.6 is 0 Å². The van der Waals surface area contributed by atoms with Crippen molar-refractivity contribution in [2.75, 3.05) is 13.1 Å². The van der Waals surface area contributed by atoms with Gasteiger partial charge in [-0.25, -0.2) is 0 Å². The molecule has 1 aliphatic rings. The van der Waals surface area contributed by atoms with Gasteiger partial charge in [-0.1, -0.05) is 0 Å². The molecule has 1 aliphatic carbocycles. The molecule has 0 aliphatic heterocycles. The molecule has 5 nitrogen and oxygen atoms in total. The Hall–Kier alpha value is -1.36. The van der Waals surface area contributed by atoms with E-state index < -0.39 is 0 Å². The van der Waals surface area contributed by atoms with Crippen molar-refractivity contribution < 1.29 is 4.79 Å². The Morgan fingerprint density at radius 3 is 3.00 bits per heavy atom. The minimum Gasteiger partial charge on any atom is -0.355 e. The van der Waals surface area contributed by atoms with Crippen molar-refractivity contribution >= 4 is 5.91 Å². The van der Waals surface area contributed by atoms with Gasteiger partial charge in [0.15, 0.2) is 0 Å². The van der Waals surface area contributed by atoms with Gasteiger partial charge in [0.2, 0.25) is 5.91 Å². The summed E-state index contributed by atoms with van der Waals surface area (Å²) in [6.45, 7) is 2.30. The molecule has 0 unspecified atom stereocenters. The second-order valence-electron chi connectivity index (χ2n) is 4.26. The zero-order valence-electron chi connectivity index (χ0n) is 9.57. The van der Waals surface area contributed by atoms with Gasteiger partial charge < -0.3 is 10.6 Å². The molecule has 0 aromatic carbocycles. The Bertz CT molecular complexity index is 357. The minimum absolute atomic E-state index is 0.211. The largest absolute Gasteiger partial charge is 0.355 e. The quantitative estimate of drug-likeness (QED) is 0.668. The van der Waals surface area contributed by atoms with Crippen molar-refractivity contribution in [2.45, 2.75) is 19.4 Å². The summed E-state index contributed by atoms with van der Waals surface area (Å²) >= 11 is 0. The van der Waals surface area contributed by atoms with E-state index in [2.05, 4.69) is 15.7 Å². The van der Waals surface area contributed by atoms with E-state index in [1.807, 2.05) is 19.4 Å². The third-order valence-electron chi connectivity index (χ3n) is 2.64. The zero-order valence-corrected chi connectivity index (χ0v) is 9.57. The first-order chi connectivity index (χ1) is 7.75. The summed E-state index contributed by atoms with van der Waals surface area (Å²) in [6.07, 6.45) is 5.95. The molecule has 0 bridgehead atoms. The molecule has 0 atom stereocenters. The molecule has 16 heavy (non-hydrogen) atoms. The van der Waals surface area contributed by atoms with Crippen LogP contribution in [0.15, 0.2) is 12.4 Å². The van der Waals surface area contributed by atoms with Crippen LogP contribution in [0, 0.1) is 5.92 Å². The Kier molecular flexibility index (Phi) is 3.56. The molecular formula is C11H18N4O. The zero-order chi connectivity index (χ0) is 11.4. The van der Waals surface area contributed by atoms with Crippen LogP contribution in [-0.2, 0) is 18.4 Å². The second kappa shape index (κ2) is 5.12. The maximum absolute atomic E-state index is 11.3. The van der Waals surface area contributed by atoms with Crippen LogP contribution in [0.25, 0.3) is 0 Å². The van der Waals surface area contributed by atoms with E-state index in [-0.39, 0.29) is 5.91 Å². The van der Waals surface area contributed by atoms with Crippen LogP contribution in [-0.4, -0.2) is 28.8 Å². The van der Waals surface area contributed by atoms with E-state index in [0.717, 1.165) is 31.5 Å². The number of aromatic nitrogens is 2. The molecule has 0 spiro atoms. The highest BCUT2D eigenvalue weighted by Crippen LogP contribution is 2.28. The van der Waals surface area contributed by atoms with Gasteiger partial charge in [0.05, 0.1) is 6.20 Å². The topological polar surface area (TPSA) is 59.0 Å². The molecule has 1 aromatic heterocycles. The summed E-state index contributed by atoms with van der Waals surface area (Å²) in [5.41, 5.74) is 1.16. The van der Waals surface area contributed by atoms with Crippen molar-refractivity contribution in [2.24, 2.45) is 13.0 Å². The van der Waals surface area contributed by atoms with Crippen molar-refractivity contribution in [3.63, 3.8) is 0 Å². The van der Waals surface area contributed by atoms with Gasteiger partial charge in [-0.3, -0.25) is 9.48 Å². The minimum atomic E-state index is 0.211. The third kappa shape index (κ3) is 3.34. The van der Waals surface area contributed by atoms with E-state index in [1.165, 1.54) is 0 Å². The molecule has 2 N–H and O–H groups in total. The summed E-state index contributed by atoms with van der Waals surface area (Å²) in [4.78, 5) is 11.3. The van der Waals surface area contributed by atoms with Gasteiger partial charge in [0.25, 0.3) is 0 Å². The highest BCUT2D eigenvalue weighted by molar-refractivity contribution is 5.80. The van der Waals surface area contributed by atoms with Crippen LogP contribution in [0.2, 0.25) is 0 Å². The smallest absolute Gasteiger partial charge is 0.223 e. The number of carbonyl (C=O) groups excluding carboxylic acids is 1. The molecule has 88 valence electrons. The number of rotatable bonds is 6. The fraction of sp³-hybridized carbons (Fsp3) is 0.636. The highest BCUT2D eigenvalue weighted by atomic mass is 16.2. The van der Waals surface area contributed by atoms with E-state index >= 15 is 0 Å². The Morgan fingerprint density at radius 1 is 1.56 bits per heavy atom. The Morgan fingerprint density at radius 2 is 2.38 bits per heavy atom. The van der Waals surface area contributed by atoms with Crippen molar-refractivity contribution in [1.29, 1.82) is 0 Å². The van der Waals surface area contributed by atoms with Gasteiger partial charge >= 0.3 is 0 Å². The summed E-state index contributed by atoms with van der Waals surface area (Å²) < 4.78 is 1.78. The molecular weight excluding hydrogens is 204 g/mol. The molecule has 1 fully saturated rings. The lowest BCUT2D eigenvalue weighted by Gasteiger charge is -2.04. The number of amides is 1. The highest BCUT2D eigenvalue weighted by Gasteiger charge is 2.28. The molecule has 1 saturated carbocycles. The van der Waals surface area contributed by atoms with Gasteiger partial charge in [-0.15, -0.1) is 0 Å². The van der Waals surface area contributed by atoms with Crippen LogP contribution in [0.5, 0.6) is 0 Å². The number of nitrogens with zero attached hydrogens (tertiary/aromatic N) is 2. The van der Waals surface area contributed by atoms with Crippen molar-refractivity contribution in [1.82, 2.24) is 20.4 Å². The van der Waals surface area contributed by atoms with Gasteiger partial charge in [-0.05, 0) is 12.8 Å². The predicted octanol–water partition coefficient (Wildman–Crippen LogP) is 0.0359. The first-order valence-electron chi connectivity index (χ1n) is 5.71. The number of nitrogens with one attached hydrogen (secondary N) is 2. The van der Waals surface area contributed by atoms with Gasteiger partial charge in [0.1, 0.15) is 0 Å². The monoisotopic (exact) mass is 222 g/mol. The molecule has 0 radical (unpaired) electrons. The Labute approximate surface area is 95.2 Å². The number of hydrogen-bond donors (Lipinski definition) is 2. The van der Waals surface area contributed by atoms with Crippen LogP contribution < -0.4 is 10.6 Å². The fourth-order valence-corrected chi connectivity index (χ4v) is 1.56. The van der Waals surface area contributed by atoms with E-state index in [4.69, 9.17) is 0 Å². The molecule has 5 heteroatoms. The average Bonchev–Trinajstić information content (AvgIpc) is 3.03. The second-order valence-corrected chi connectivity index (χ2v) is 4.26. The maximum atomic E-state index is 11.3. The third-order valence-corrected chi connectivity index (χ3v) is 2.64. The first kappa shape index (κ1) is 11.1. The van der Waals surface area contributed by atoms with Crippen molar-refractivity contribution in [3.05, 3.63) is 18.0 Å². The van der Waals surface area contributed by atoms with Gasteiger partial charge in [-0.2, -0.15) is 5.10 Å². The summed E-state index contributed by atoms with van der Waals surface area (Å²) in [6, 6.07) is 0. The van der Waals surface area contributed by atoms with Gasteiger partial charge in [0, 0.05) is 44.4 Å². The molecule has 1 amide bonds. The van der Waals surface area contributed by atoms with E-state index in [9.17, 15) is 4.79 Å². The SMILES string of the molecule is Cn1cc(CNCCNC(=O)C2CC2)cn1. The van der Waals surface area contributed by atoms with Crippen molar-refractivity contribution in [3.8, 4) is 0 Å². The molecule has 1 aromatic rings. The number of aryl methyl sites for hydroxylation is 1. The Balaban J connectivity index is 1.53. The van der Waals surface area contributed by atoms with E-state index in [1.54, 1.807) is 4.68 Å². The van der Waals surface area contributed by atoms with E-state index in [0.29, 0.717) is 12.5 Å². The summed E-state index contributed by atoms with van der Waals surface area (Å²) in [5, 5.41) is 10.3. The maximum Gasteiger partial charge on any atom is 0.223 e. The average molecular weight is 222 g/mol. The molecule has 2 rings (SSSR count).